The summed E-state index contributed by atoms with van der Waals surface area (Å²) in [6, 6.07) is 81.2. The second kappa shape index (κ2) is 13.9. The molecule has 0 atom stereocenters. The standard InChI is InChI=1S/C58H37NO/c1-2-11-38(12-3-1)40-23-29-45(30-24-40)59(46-31-25-41(26-32-46)44-22-21-39-13-4-5-14-43(39)37-44)47-33-27-42(28-34-47)48-18-10-19-50-52-35-36-55-58(53-17-8-9-20-54(53)60-55)57(52)51-16-7-6-15-49(51)56(48)50/h1-37H. The van der Waals surface area contributed by atoms with Gasteiger partial charge in [0.2, 0.25) is 0 Å². The van der Waals surface area contributed by atoms with Crippen LogP contribution in [-0.2, 0) is 0 Å². The lowest BCUT2D eigenvalue weighted by Gasteiger charge is -2.26. The number of para-hydroxylation sites is 1. The third-order valence-corrected chi connectivity index (χ3v) is 12.2. The van der Waals surface area contributed by atoms with E-state index >= 15 is 0 Å². The number of benzene rings is 11. The molecule has 60 heavy (non-hydrogen) atoms. The van der Waals surface area contributed by atoms with Crippen molar-refractivity contribution in [2.45, 2.75) is 0 Å². The molecule has 0 bridgehead atoms. The quantitative estimate of drug-likeness (QED) is 0.157. The number of fused-ring (bicyclic) bond motifs is 11. The maximum atomic E-state index is 6.37. The first-order chi connectivity index (χ1) is 29.7. The van der Waals surface area contributed by atoms with Crippen molar-refractivity contribution in [1.82, 2.24) is 0 Å². The second-order valence-corrected chi connectivity index (χ2v) is 15.6. The van der Waals surface area contributed by atoms with E-state index in [4.69, 9.17) is 4.42 Å². The fourth-order valence-corrected chi connectivity index (χ4v) is 9.39. The smallest absolute Gasteiger partial charge is 0.136 e. The van der Waals surface area contributed by atoms with Crippen molar-refractivity contribution in [3.63, 3.8) is 0 Å². The van der Waals surface area contributed by atoms with Crippen LogP contribution in [0.3, 0.4) is 0 Å². The van der Waals surface area contributed by atoms with E-state index in [1.165, 1.54) is 81.9 Å². The van der Waals surface area contributed by atoms with Gasteiger partial charge in [-0.1, -0.05) is 164 Å². The normalized spacial score (nSPS) is 11.7. The summed E-state index contributed by atoms with van der Waals surface area (Å²) in [5.41, 5.74) is 12.3. The molecule has 0 aliphatic rings. The van der Waals surface area contributed by atoms with E-state index < -0.39 is 0 Å². The molecule has 12 rings (SSSR count). The van der Waals surface area contributed by atoms with Crippen molar-refractivity contribution in [2.75, 3.05) is 4.90 Å². The van der Waals surface area contributed by atoms with Crippen LogP contribution in [0.15, 0.2) is 229 Å². The molecule has 0 spiro atoms. The lowest BCUT2D eigenvalue weighted by molar-refractivity contribution is 0.669. The lowest BCUT2D eigenvalue weighted by atomic mass is 9.88. The highest BCUT2D eigenvalue weighted by molar-refractivity contribution is 6.36. The molecule has 2 heteroatoms. The van der Waals surface area contributed by atoms with E-state index in [1.54, 1.807) is 0 Å². The maximum Gasteiger partial charge on any atom is 0.136 e. The molecular formula is C58H37NO. The topological polar surface area (TPSA) is 16.4 Å². The highest BCUT2D eigenvalue weighted by Crippen LogP contribution is 2.45. The van der Waals surface area contributed by atoms with Gasteiger partial charge < -0.3 is 9.32 Å². The number of rotatable bonds is 6. The molecule has 0 unspecified atom stereocenters. The maximum absolute atomic E-state index is 6.37. The van der Waals surface area contributed by atoms with Crippen LogP contribution in [0.25, 0.3) is 98.4 Å². The van der Waals surface area contributed by atoms with Crippen LogP contribution in [0.5, 0.6) is 0 Å². The molecule has 2 nitrogen and oxygen atoms in total. The summed E-state index contributed by atoms with van der Waals surface area (Å²) < 4.78 is 6.37. The highest BCUT2D eigenvalue weighted by atomic mass is 16.3. The molecule has 12 aromatic rings. The van der Waals surface area contributed by atoms with E-state index in [0.29, 0.717) is 0 Å². The van der Waals surface area contributed by atoms with E-state index in [9.17, 15) is 0 Å². The van der Waals surface area contributed by atoms with Crippen LogP contribution in [0.1, 0.15) is 0 Å². The highest BCUT2D eigenvalue weighted by Gasteiger charge is 2.19. The molecule has 1 heterocycles. The summed E-state index contributed by atoms with van der Waals surface area (Å²) in [7, 11) is 0. The van der Waals surface area contributed by atoms with Gasteiger partial charge in [0.1, 0.15) is 11.2 Å². The zero-order valence-electron chi connectivity index (χ0n) is 32.7. The Bertz CT molecular complexity index is 3540. The third-order valence-electron chi connectivity index (χ3n) is 12.2. The molecule has 0 radical (unpaired) electrons. The molecule has 11 aromatic carbocycles. The summed E-state index contributed by atoms with van der Waals surface area (Å²) in [4.78, 5) is 2.36. The molecule has 0 aliphatic heterocycles. The van der Waals surface area contributed by atoms with Gasteiger partial charge in [0.15, 0.2) is 0 Å². The SMILES string of the molecule is c1ccc(-c2ccc(N(c3ccc(-c4ccc5ccccc5c4)cc3)c3ccc(-c4cccc5c6ccc7oc8ccccc8c7c6c6ccccc6c45)cc3)cc2)cc1. The molecule has 0 amide bonds. The number of hydrogen-bond donors (Lipinski definition) is 0. The Balaban J connectivity index is 0.984. The minimum atomic E-state index is 0.917. The fraction of sp³-hybridized carbons (Fsp3) is 0. The average Bonchev–Trinajstić information content (AvgIpc) is 3.71. The summed E-state index contributed by atoms with van der Waals surface area (Å²) in [6.45, 7) is 0. The lowest BCUT2D eigenvalue weighted by Crippen LogP contribution is -2.09. The number of nitrogens with zero attached hydrogens (tertiary/aromatic N) is 1. The van der Waals surface area contributed by atoms with Crippen molar-refractivity contribution >= 4 is 82.1 Å². The van der Waals surface area contributed by atoms with Crippen molar-refractivity contribution in [3.8, 4) is 33.4 Å². The van der Waals surface area contributed by atoms with Crippen molar-refractivity contribution < 1.29 is 4.42 Å². The summed E-state index contributed by atoms with van der Waals surface area (Å²) in [6.07, 6.45) is 0. The monoisotopic (exact) mass is 763 g/mol. The Labute approximate surface area is 347 Å². The van der Waals surface area contributed by atoms with Gasteiger partial charge in [0.25, 0.3) is 0 Å². The summed E-state index contributed by atoms with van der Waals surface area (Å²) in [5, 5.41) is 12.3. The van der Waals surface area contributed by atoms with Crippen LogP contribution in [0.2, 0.25) is 0 Å². The average molecular weight is 764 g/mol. The van der Waals surface area contributed by atoms with Crippen LogP contribution in [-0.4, -0.2) is 0 Å². The number of furan rings is 1. The van der Waals surface area contributed by atoms with E-state index in [-0.39, 0.29) is 0 Å². The second-order valence-electron chi connectivity index (χ2n) is 15.6. The molecule has 0 aliphatic carbocycles. The van der Waals surface area contributed by atoms with Gasteiger partial charge in [-0.2, -0.15) is 0 Å². The van der Waals surface area contributed by atoms with Crippen molar-refractivity contribution in [1.29, 1.82) is 0 Å². The van der Waals surface area contributed by atoms with Crippen LogP contribution in [0.4, 0.5) is 17.1 Å². The predicted octanol–water partition coefficient (Wildman–Crippen LogP) is 16.7. The molecule has 0 saturated heterocycles. The Morgan fingerprint density at radius 3 is 1.47 bits per heavy atom. The Hall–Kier alpha value is -7.94. The van der Waals surface area contributed by atoms with E-state index in [1.807, 2.05) is 6.07 Å². The Morgan fingerprint density at radius 1 is 0.267 bits per heavy atom. The number of anilines is 3. The molecule has 0 fully saturated rings. The third kappa shape index (κ3) is 5.57. The fourth-order valence-electron chi connectivity index (χ4n) is 9.39. The van der Waals surface area contributed by atoms with Crippen LogP contribution >= 0.6 is 0 Å². The largest absolute Gasteiger partial charge is 0.456 e. The summed E-state index contributed by atoms with van der Waals surface area (Å²) >= 11 is 0. The Kier molecular flexibility index (Phi) is 7.89. The van der Waals surface area contributed by atoms with Gasteiger partial charge in [-0.3, -0.25) is 0 Å². The van der Waals surface area contributed by atoms with Gasteiger partial charge in [0, 0.05) is 33.2 Å². The van der Waals surface area contributed by atoms with Crippen LogP contribution in [0, 0.1) is 0 Å². The van der Waals surface area contributed by atoms with Crippen molar-refractivity contribution in [3.05, 3.63) is 224 Å². The summed E-state index contributed by atoms with van der Waals surface area (Å²) in [5.74, 6) is 0. The van der Waals surface area contributed by atoms with E-state index in [2.05, 4.69) is 223 Å². The first kappa shape index (κ1) is 34.1. The molecule has 1 aromatic heterocycles. The molecule has 280 valence electrons. The molecule has 0 N–H and O–H groups in total. The zero-order valence-corrected chi connectivity index (χ0v) is 32.7. The van der Waals surface area contributed by atoms with Gasteiger partial charge in [-0.15, -0.1) is 0 Å². The van der Waals surface area contributed by atoms with Gasteiger partial charge in [0.05, 0.1) is 0 Å². The zero-order chi connectivity index (χ0) is 39.6. The predicted molar refractivity (Wildman–Crippen MR) is 255 cm³/mol. The molecular weight excluding hydrogens is 727 g/mol. The first-order valence-electron chi connectivity index (χ1n) is 20.6. The number of hydrogen-bond acceptors (Lipinski definition) is 2. The van der Waals surface area contributed by atoms with Gasteiger partial charge in [-0.25, -0.2) is 0 Å². The van der Waals surface area contributed by atoms with Crippen LogP contribution < -0.4 is 4.90 Å². The van der Waals surface area contributed by atoms with Crippen molar-refractivity contribution in [2.24, 2.45) is 0 Å². The minimum Gasteiger partial charge on any atom is -0.456 e. The first-order valence-corrected chi connectivity index (χ1v) is 20.6. The minimum absolute atomic E-state index is 0.917. The van der Waals surface area contributed by atoms with E-state index in [0.717, 1.165) is 33.6 Å². The molecule has 0 saturated carbocycles. The Morgan fingerprint density at radius 2 is 0.767 bits per heavy atom. The van der Waals surface area contributed by atoms with Gasteiger partial charge in [-0.05, 0) is 132 Å². The van der Waals surface area contributed by atoms with Gasteiger partial charge >= 0.3 is 0 Å².